The Morgan fingerprint density at radius 1 is 1.15 bits per heavy atom. The number of hydrogen-bond acceptors (Lipinski definition) is 5. The van der Waals surface area contributed by atoms with Crippen LogP contribution in [0.15, 0.2) is 30.3 Å². The molecule has 150 valence electrons. The van der Waals surface area contributed by atoms with E-state index < -0.39 is 34.8 Å². The minimum Gasteiger partial charge on any atom is -0.480 e. The Morgan fingerprint density at radius 2 is 1.74 bits per heavy atom. The molecule has 1 rings (SSSR count). The van der Waals surface area contributed by atoms with Crippen molar-refractivity contribution in [1.29, 1.82) is 0 Å². The number of amides is 2. The number of thiol groups is 1. The lowest BCUT2D eigenvalue weighted by Gasteiger charge is -2.29. The molecule has 0 bridgehead atoms. The monoisotopic (exact) mass is 396 g/mol. The van der Waals surface area contributed by atoms with Gasteiger partial charge < -0.3 is 20.5 Å². The van der Waals surface area contributed by atoms with Crippen molar-refractivity contribution in [2.45, 2.75) is 57.6 Å². The highest BCUT2D eigenvalue weighted by Gasteiger charge is 2.35. The number of hydrogen-bond donors (Lipinski definition) is 4. The van der Waals surface area contributed by atoms with Crippen LogP contribution < -0.4 is 10.6 Å². The molecular formula is C19H28N2O5S. The average molecular weight is 397 g/mol. The molecule has 0 aliphatic rings. The summed E-state index contributed by atoms with van der Waals surface area (Å²) < 4.78 is 4.17. The Bertz CT molecular complexity index is 643. The van der Waals surface area contributed by atoms with Crippen molar-refractivity contribution in [3.05, 3.63) is 35.9 Å². The topological polar surface area (TPSA) is 105 Å². The third kappa shape index (κ3) is 8.34. The molecule has 0 unspecified atom stereocenters. The highest BCUT2D eigenvalue weighted by atomic mass is 32.1. The van der Waals surface area contributed by atoms with Crippen LogP contribution in [0.2, 0.25) is 0 Å². The van der Waals surface area contributed by atoms with Gasteiger partial charge >= 0.3 is 12.1 Å². The maximum Gasteiger partial charge on any atom is 0.408 e. The lowest BCUT2D eigenvalue weighted by molar-refractivity contribution is -0.142. The van der Waals surface area contributed by atoms with Gasteiger partial charge in [0.25, 0.3) is 0 Å². The van der Waals surface area contributed by atoms with E-state index >= 15 is 0 Å². The Hall–Kier alpha value is -2.22. The molecule has 1 aromatic rings. The second-order valence-corrected chi connectivity index (χ2v) is 8.47. The van der Waals surface area contributed by atoms with E-state index in [0.717, 1.165) is 5.56 Å². The zero-order valence-electron chi connectivity index (χ0n) is 16.1. The van der Waals surface area contributed by atoms with Gasteiger partial charge in [0.15, 0.2) is 0 Å². The number of carbonyl (C=O) groups excluding carboxylic acids is 2. The fraction of sp³-hybridized carbons (Fsp3) is 0.526. The first kappa shape index (κ1) is 22.8. The highest BCUT2D eigenvalue weighted by Crippen LogP contribution is 2.18. The number of benzene rings is 1. The summed E-state index contributed by atoms with van der Waals surface area (Å²) in [7, 11) is 0. The van der Waals surface area contributed by atoms with E-state index in [0.29, 0.717) is 6.42 Å². The Morgan fingerprint density at radius 3 is 2.22 bits per heavy atom. The van der Waals surface area contributed by atoms with Crippen molar-refractivity contribution in [3.8, 4) is 0 Å². The SMILES string of the molecule is CC(C)C[C@H](NC(=O)OCc1ccccc1)C(=O)N[C@H](C(=O)O)C(C)(C)S. The molecular weight excluding hydrogens is 368 g/mol. The van der Waals surface area contributed by atoms with E-state index in [9.17, 15) is 19.5 Å². The predicted octanol–water partition coefficient (Wildman–Crippen LogP) is 2.61. The van der Waals surface area contributed by atoms with Gasteiger partial charge in [-0.3, -0.25) is 4.79 Å². The number of nitrogens with one attached hydrogen (secondary N) is 2. The molecule has 0 aromatic heterocycles. The summed E-state index contributed by atoms with van der Waals surface area (Å²) in [4.78, 5) is 36.1. The summed E-state index contributed by atoms with van der Waals surface area (Å²) >= 11 is 4.24. The summed E-state index contributed by atoms with van der Waals surface area (Å²) in [5, 5.41) is 14.3. The molecule has 0 aliphatic heterocycles. The smallest absolute Gasteiger partial charge is 0.408 e. The van der Waals surface area contributed by atoms with Crippen LogP contribution in [0.4, 0.5) is 4.79 Å². The summed E-state index contributed by atoms with van der Waals surface area (Å²) in [5.41, 5.74) is 0.820. The quantitative estimate of drug-likeness (QED) is 0.480. The van der Waals surface area contributed by atoms with Crippen molar-refractivity contribution < 1.29 is 24.2 Å². The lowest BCUT2D eigenvalue weighted by Crippen LogP contribution is -2.57. The number of alkyl carbamates (subject to hydrolysis) is 1. The number of aliphatic carboxylic acids is 1. The molecule has 7 nitrogen and oxygen atoms in total. The average Bonchev–Trinajstić information content (AvgIpc) is 2.56. The van der Waals surface area contributed by atoms with Gasteiger partial charge in [0.2, 0.25) is 5.91 Å². The number of ether oxygens (including phenoxy) is 1. The fourth-order valence-electron chi connectivity index (χ4n) is 2.39. The molecule has 3 N–H and O–H groups in total. The summed E-state index contributed by atoms with van der Waals surface area (Å²) in [6, 6.07) is 7.04. The zero-order chi connectivity index (χ0) is 20.6. The van der Waals surface area contributed by atoms with Crippen LogP contribution in [0.25, 0.3) is 0 Å². The van der Waals surface area contributed by atoms with Crippen LogP contribution in [-0.2, 0) is 20.9 Å². The molecule has 2 atom stereocenters. The molecule has 1 aromatic carbocycles. The minimum absolute atomic E-state index is 0.0735. The van der Waals surface area contributed by atoms with Crippen LogP contribution in [0, 0.1) is 5.92 Å². The van der Waals surface area contributed by atoms with Crippen molar-refractivity contribution in [2.24, 2.45) is 5.92 Å². The number of rotatable bonds is 9. The standard InChI is InChI=1S/C19H28N2O5S/c1-12(2)10-14(16(22)21-15(17(23)24)19(3,4)27)20-18(25)26-11-13-8-6-5-7-9-13/h5-9,12,14-15,27H,10-11H2,1-4H3,(H,20,25)(H,21,22)(H,23,24)/t14-,15+/m0/s1. The van der Waals surface area contributed by atoms with Gasteiger partial charge in [-0.15, -0.1) is 0 Å². The zero-order valence-corrected chi connectivity index (χ0v) is 17.0. The Balaban J connectivity index is 2.74. The molecule has 2 amide bonds. The van der Waals surface area contributed by atoms with Gasteiger partial charge in [0.05, 0.1) is 0 Å². The van der Waals surface area contributed by atoms with Crippen LogP contribution in [0.3, 0.4) is 0 Å². The van der Waals surface area contributed by atoms with Gasteiger partial charge in [-0.2, -0.15) is 12.6 Å². The molecule has 0 spiro atoms. The highest BCUT2D eigenvalue weighted by molar-refractivity contribution is 7.81. The maximum atomic E-state index is 12.6. The van der Waals surface area contributed by atoms with E-state index in [-0.39, 0.29) is 12.5 Å². The first-order chi connectivity index (χ1) is 12.5. The van der Waals surface area contributed by atoms with Gasteiger partial charge in [-0.25, -0.2) is 9.59 Å². The summed E-state index contributed by atoms with van der Waals surface area (Å²) in [5.74, 6) is -1.68. The molecule has 0 fully saturated rings. The lowest BCUT2D eigenvalue weighted by atomic mass is 10.00. The van der Waals surface area contributed by atoms with E-state index in [1.165, 1.54) is 0 Å². The van der Waals surface area contributed by atoms with E-state index in [1.54, 1.807) is 13.8 Å². The molecule has 0 saturated heterocycles. The van der Waals surface area contributed by atoms with Crippen LogP contribution in [-0.4, -0.2) is 39.9 Å². The maximum absolute atomic E-state index is 12.6. The second-order valence-electron chi connectivity index (χ2n) is 7.32. The number of carboxylic acid groups (broad SMARTS) is 1. The molecule has 0 aliphatic carbocycles. The van der Waals surface area contributed by atoms with E-state index in [1.807, 2.05) is 44.2 Å². The number of carboxylic acids is 1. The molecule has 0 radical (unpaired) electrons. The van der Waals surface area contributed by atoms with Crippen molar-refractivity contribution >= 4 is 30.6 Å². The Kier molecular flexibility index (Phi) is 8.62. The van der Waals surface area contributed by atoms with Crippen molar-refractivity contribution in [3.63, 3.8) is 0 Å². The molecule has 0 heterocycles. The Labute approximate surface area is 165 Å². The third-order valence-electron chi connectivity index (χ3n) is 3.77. The van der Waals surface area contributed by atoms with E-state index in [2.05, 4.69) is 23.3 Å². The van der Waals surface area contributed by atoms with Crippen LogP contribution in [0.1, 0.15) is 39.7 Å². The first-order valence-corrected chi connectivity index (χ1v) is 9.18. The summed E-state index contributed by atoms with van der Waals surface area (Å²) in [6.07, 6.45) is -0.400. The van der Waals surface area contributed by atoms with Gasteiger partial charge in [0.1, 0.15) is 18.7 Å². The molecule has 27 heavy (non-hydrogen) atoms. The second kappa shape index (κ2) is 10.2. The minimum atomic E-state index is -1.20. The normalized spacial score (nSPS) is 13.6. The molecule has 0 saturated carbocycles. The molecule has 8 heteroatoms. The van der Waals surface area contributed by atoms with Gasteiger partial charge in [0, 0.05) is 4.75 Å². The van der Waals surface area contributed by atoms with Crippen molar-refractivity contribution in [2.75, 3.05) is 0 Å². The van der Waals surface area contributed by atoms with Crippen molar-refractivity contribution in [1.82, 2.24) is 10.6 Å². The number of carbonyl (C=O) groups is 3. The fourth-order valence-corrected chi connectivity index (χ4v) is 2.57. The van der Waals surface area contributed by atoms with Crippen LogP contribution in [0.5, 0.6) is 0 Å². The first-order valence-electron chi connectivity index (χ1n) is 8.73. The summed E-state index contributed by atoms with van der Waals surface area (Å²) in [6.45, 7) is 7.05. The van der Waals surface area contributed by atoms with Crippen LogP contribution >= 0.6 is 12.6 Å². The van der Waals surface area contributed by atoms with Gasteiger partial charge in [-0.1, -0.05) is 44.2 Å². The van der Waals surface area contributed by atoms with E-state index in [4.69, 9.17) is 4.74 Å². The van der Waals surface area contributed by atoms with Gasteiger partial charge in [-0.05, 0) is 31.7 Å². The predicted molar refractivity (Wildman–Crippen MR) is 106 cm³/mol. The third-order valence-corrected chi connectivity index (χ3v) is 4.03. The largest absolute Gasteiger partial charge is 0.480 e.